The molecule has 0 aliphatic rings. The number of hydrogen-bond donors (Lipinski definition) is 1. The van der Waals surface area contributed by atoms with Crippen molar-refractivity contribution in [1.82, 2.24) is 14.4 Å². The van der Waals surface area contributed by atoms with Crippen LogP contribution in [0.5, 0.6) is 5.75 Å². The van der Waals surface area contributed by atoms with Crippen LogP contribution in [0.3, 0.4) is 0 Å². The van der Waals surface area contributed by atoms with Gasteiger partial charge in [-0.15, -0.1) is 11.3 Å². The summed E-state index contributed by atoms with van der Waals surface area (Å²) in [6.07, 6.45) is 2.02. The van der Waals surface area contributed by atoms with Crippen molar-refractivity contribution in [2.45, 2.75) is 13.5 Å². The molecule has 0 bridgehead atoms. The summed E-state index contributed by atoms with van der Waals surface area (Å²) in [5.41, 5.74) is 5.06. The molecule has 0 amide bonds. The first-order chi connectivity index (χ1) is 12.2. The summed E-state index contributed by atoms with van der Waals surface area (Å²) in [5.74, 6) is 0.864. The summed E-state index contributed by atoms with van der Waals surface area (Å²) < 4.78 is 7.26. The number of hydrogen-bond acceptors (Lipinski definition) is 5. The fourth-order valence-electron chi connectivity index (χ4n) is 2.75. The lowest BCUT2D eigenvalue weighted by Gasteiger charge is -2.04. The molecular formula is C19H18N4OS. The first-order valence-corrected chi connectivity index (χ1v) is 8.89. The fourth-order valence-corrected chi connectivity index (χ4v) is 3.44. The van der Waals surface area contributed by atoms with Gasteiger partial charge in [0.05, 0.1) is 7.11 Å². The summed E-state index contributed by atoms with van der Waals surface area (Å²) in [7, 11) is 1.67. The largest absolute Gasteiger partial charge is 0.497 e. The second-order valence-electron chi connectivity index (χ2n) is 5.71. The molecule has 0 atom stereocenters. The van der Waals surface area contributed by atoms with Crippen LogP contribution in [0, 0.1) is 6.92 Å². The molecular weight excluding hydrogens is 332 g/mol. The van der Waals surface area contributed by atoms with Gasteiger partial charge in [0, 0.05) is 23.8 Å². The number of nitrogens with one attached hydrogen (secondary N) is 1. The molecule has 0 saturated heterocycles. The van der Waals surface area contributed by atoms with Crippen LogP contribution in [0.15, 0.2) is 54.0 Å². The van der Waals surface area contributed by atoms with Gasteiger partial charge in [0.15, 0.2) is 5.13 Å². The zero-order chi connectivity index (χ0) is 17.2. The molecule has 5 nitrogen and oxygen atoms in total. The molecule has 3 aromatic heterocycles. The van der Waals surface area contributed by atoms with Crippen LogP contribution in [0.1, 0.15) is 11.3 Å². The molecule has 25 heavy (non-hydrogen) atoms. The normalized spacial score (nSPS) is 11.0. The predicted molar refractivity (Wildman–Crippen MR) is 101 cm³/mol. The van der Waals surface area contributed by atoms with E-state index in [0.717, 1.165) is 40.2 Å². The Balaban J connectivity index is 1.52. The molecule has 0 spiro atoms. The topological polar surface area (TPSA) is 51.5 Å². The number of benzene rings is 1. The maximum Gasteiger partial charge on any atom is 0.183 e. The SMILES string of the molecule is COc1ccc(CNc2nc(-c3nc4ccccn4c3C)cs2)cc1. The Labute approximate surface area is 150 Å². The van der Waals surface area contributed by atoms with Crippen molar-refractivity contribution in [3.63, 3.8) is 0 Å². The Kier molecular flexibility index (Phi) is 4.11. The minimum absolute atomic E-state index is 0.723. The van der Waals surface area contributed by atoms with Gasteiger partial charge < -0.3 is 14.5 Å². The number of aryl methyl sites for hydroxylation is 1. The monoisotopic (exact) mass is 350 g/mol. The molecule has 4 aromatic rings. The van der Waals surface area contributed by atoms with Crippen molar-refractivity contribution >= 4 is 22.1 Å². The van der Waals surface area contributed by atoms with E-state index in [1.807, 2.05) is 54.0 Å². The van der Waals surface area contributed by atoms with Gasteiger partial charge in [-0.2, -0.15) is 0 Å². The third-order valence-electron chi connectivity index (χ3n) is 4.12. The average molecular weight is 350 g/mol. The van der Waals surface area contributed by atoms with Gasteiger partial charge in [0.1, 0.15) is 22.8 Å². The van der Waals surface area contributed by atoms with E-state index < -0.39 is 0 Å². The van der Waals surface area contributed by atoms with Crippen molar-refractivity contribution in [2.75, 3.05) is 12.4 Å². The van der Waals surface area contributed by atoms with Crippen LogP contribution in [-0.2, 0) is 6.54 Å². The molecule has 0 unspecified atom stereocenters. The van der Waals surface area contributed by atoms with E-state index in [2.05, 4.69) is 16.6 Å². The van der Waals surface area contributed by atoms with Gasteiger partial charge in [0.2, 0.25) is 0 Å². The van der Waals surface area contributed by atoms with Crippen LogP contribution in [0.2, 0.25) is 0 Å². The minimum atomic E-state index is 0.723. The lowest BCUT2D eigenvalue weighted by molar-refractivity contribution is 0.414. The van der Waals surface area contributed by atoms with E-state index in [-0.39, 0.29) is 0 Å². The lowest BCUT2D eigenvalue weighted by Crippen LogP contribution is -1.99. The molecule has 3 heterocycles. The van der Waals surface area contributed by atoms with E-state index in [1.54, 1.807) is 18.4 Å². The smallest absolute Gasteiger partial charge is 0.183 e. The van der Waals surface area contributed by atoms with Gasteiger partial charge in [-0.25, -0.2) is 9.97 Å². The molecule has 1 aromatic carbocycles. The predicted octanol–water partition coefficient (Wildman–Crippen LogP) is 4.39. The Morgan fingerprint density at radius 1 is 1.12 bits per heavy atom. The summed E-state index contributed by atoms with van der Waals surface area (Å²) >= 11 is 1.59. The minimum Gasteiger partial charge on any atom is -0.497 e. The molecule has 6 heteroatoms. The average Bonchev–Trinajstić information content (AvgIpc) is 3.25. The standard InChI is InChI=1S/C19H18N4OS/c1-13-18(22-17-5-3-4-10-23(13)17)16-12-25-19(21-16)20-11-14-6-8-15(24-2)9-7-14/h3-10,12H,11H2,1-2H3,(H,20,21). The van der Waals surface area contributed by atoms with Gasteiger partial charge in [-0.1, -0.05) is 18.2 Å². The van der Waals surface area contributed by atoms with Crippen molar-refractivity contribution in [2.24, 2.45) is 0 Å². The van der Waals surface area contributed by atoms with E-state index in [9.17, 15) is 0 Å². The quantitative estimate of drug-likeness (QED) is 0.580. The Bertz CT molecular complexity index is 1000. The van der Waals surface area contributed by atoms with Gasteiger partial charge in [0.25, 0.3) is 0 Å². The van der Waals surface area contributed by atoms with Gasteiger partial charge >= 0.3 is 0 Å². The third kappa shape index (κ3) is 3.08. The van der Waals surface area contributed by atoms with E-state index in [4.69, 9.17) is 14.7 Å². The summed E-state index contributed by atoms with van der Waals surface area (Å²) in [6.45, 7) is 2.79. The highest BCUT2D eigenvalue weighted by Crippen LogP contribution is 2.27. The zero-order valence-electron chi connectivity index (χ0n) is 14.1. The summed E-state index contributed by atoms with van der Waals surface area (Å²) in [4.78, 5) is 9.39. The number of nitrogens with zero attached hydrogens (tertiary/aromatic N) is 3. The maximum atomic E-state index is 5.18. The first kappa shape index (κ1) is 15.7. The van der Waals surface area contributed by atoms with Crippen molar-refractivity contribution in [1.29, 1.82) is 0 Å². The van der Waals surface area contributed by atoms with Gasteiger partial charge in [-0.3, -0.25) is 0 Å². The number of rotatable bonds is 5. The van der Waals surface area contributed by atoms with Crippen molar-refractivity contribution < 1.29 is 4.74 Å². The van der Waals surface area contributed by atoms with Crippen LogP contribution in [0.4, 0.5) is 5.13 Å². The number of imidazole rings is 1. The number of methoxy groups -OCH3 is 1. The third-order valence-corrected chi connectivity index (χ3v) is 4.92. The summed E-state index contributed by atoms with van der Waals surface area (Å²) in [5, 5.41) is 6.31. The van der Waals surface area contributed by atoms with E-state index in [0.29, 0.717) is 0 Å². The van der Waals surface area contributed by atoms with Crippen LogP contribution < -0.4 is 10.1 Å². The number of aromatic nitrogens is 3. The molecule has 0 saturated carbocycles. The highest BCUT2D eigenvalue weighted by atomic mass is 32.1. The number of fused-ring (bicyclic) bond motifs is 1. The number of thiazole rings is 1. The Hall–Kier alpha value is -2.86. The Morgan fingerprint density at radius 2 is 1.96 bits per heavy atom. The van der Waals surface area contributed by atoms with E-state index in [1.165, 1.54) is 5.56 Å². The zero-order valence-corrected chi connectivity index (χ0v) is 14.9. The highest BCUT2D eigenvalue weighted by molar-refractivity contribution is 7.14. The van der Waals surface area contributed by atoms with Crippen LogP contribution in [-0.4, -0.2) is 21.5 Å². The Morgan fingerprint density at radius 3 is 2.72 bits per heavy atom. The molecule has 4 rings (SSSR count). The van der Waals surface area contributed by atoms with Crippen molar-refractivity contribution in [3.05, 3.63) is 65.3 Å². The van der Waals surface area contributed by atoms with Crippen molar-refractivity contribution in [3.8, 4) is 17.1 Å². The van der Waals surface area contributed by atoms with E-state index >= 15 is 0 Å². The van der Waals surface area contributed by atoms with Crippen LogP contribution >= 0.6 is 11.3 Å². The number of anilines is 1. The molecule has 1 N–H and O–H groups in total. The summed E-state index contributed by atoms with van der Waals surface area (Å²) in [6, 6.07) is 14.0. The maximum absolute atomic E-state index is 5.18. The fraction of sp³-hybridized carbons (Fsp3) is 0.158. The van der Waals surface area contributed by atoms with Gasteiger partial charge in [-0.05, 0) is 36.8 Å². The molecule has 126 valence electrons. The first-order valence-electron chi connectivity index (χ1n) is 8.01. The molecule has 0 aliphatic carbocycles. The molecule has 0 radical (unpaired) electrons. The highest BCUT2D eigenvalue weighted by Gasteiger charge is 2.13. The number of ether oxygens (including phenoxy) is 1. The molecule has 0 fully saturated rings. The second kappa shape index (κ2) is 6.57. The van der Waals surface area contributed by atoms with Crippen LogP contribution in [0.25, 0.3) is 17.0 Å². The molecule has 0 aliphatic heterocycles. The number of pyridine rings is 1. The lowest BCUT2D eigenvalue weighted by atomic mass is 10.2. The second-order valence-corrected chi connectivity index (χ2v) is 6.57.